The van der Waals surface area contributed by atoms with Crippen LogP contribution in [0.3, 0.4) is 0 Å². The van der Waals surface area contributed by atoms with E-state index in [0.29, 0.717) is 34.4 Å². The molecule has 1 amide bonds. The number of anilines is 1. The van der Waals surface area contributed by atoms with Crippen molar-refractivity contribution in [1.82, 2.24) is 0 Å². The van der Waals surface area contributed by atoms with Crippen molar-refractivity contribution in [3.05, 3.63) is 47.0 Å². The molecule has 1 atom stereocenters. The van der Waals surface area contributed by atoms with Gasteiger partial charge < -0.3 is 19.5 Å². The van der Waals surface area contributed by atoms with Gasteiger partial charge >= 0.3 is 0 Å². The lowest BCUT2D eigenvalue weighted by atomic mass is 10.1. The first-order chi connectivity index (χ1) is 11.1. The summed E-state index contributed by atoms with van der Waals surface area (Å²) in [4.78, 5) is 12.4. The molecule has 2 aromatic rings. The molecule has 0 spiro atoms. The predicted octanol–water partition coefficient (Wildman–Crippen LogP) is 3.30. The highest BCUT2D eigenvalue weighted by Crippen LogP contribution is 2.33. The number of amides is 1. The minimum atomic E-state index is -0.588. The van der Waals surface area contributed by atoms with E-state index in [2.05, 4.69) is 5.32 Å². The van der Waals surface area contributed by atoms with Crippen molar-refractivity contribution in [3.63, 3.8) is 0 Å². The lowest BCUT2D eigenvalue weighted by Gasteiger charge is -2.14. The van der Waals surface area contributed by atoms with Crippen LogP contribution in [0.25, 0.3) is 0 Å². The molecule has 0 bridgehead atoms. The Morgan fingerprint density at radius 2 is 2.04 bits per heavy atom. The first kappa shape index (κ1) is 15.5. The number of carbonyl (C=O) groups excluding carboxylic acids is 1. The maximum absolute atomic E-state index is 12.4. The van der Waals surface area contributed by atoms with Crippen molar-refractivity contribution in [3.8, 4) is 17.2 Å². The molecule has 23 heavy (non-hydrogen) atoms. The topological polar surface area (TPSA) is 56.8 Å². The summed E-state index contributed by atoms with van der Waals surface area (Å²) in [5.41, 5.74) is 1.50. The average Bonchev–Trinajstić information content (AvgIpc) is 2.98. The molecule has 0 fully saturated rings. The molecule has 5 nitrogen and oxygen atoms in total. The zero-order valence-electron chi connectivity index (χ0n) is 12.8. The summed E-state index contributed by atoms with van der Waals surface area (Å²) in [5, 5.41) is 3.46. The molecule has 1 N–H and O–H groups in total. The van der Waals surface area contributed by atoms with Crippen LogP contribution in [0.4, 0.5) is 5.69 Å². The first-order valence-corrected chi connectivity index (χ1v) is 7.46. The van der Waals surface area contributed by atoms with E-state index in [1.54, 1.807) is 37.4 Å². The molecule has 0 aromatic heterocycles. The second-order valence-corrected chi connectivity index (χ2v) is 5.55. The van der Waals surface area contributed by atoms with Gasteiger partial charge in [-0.15, -0.1) is 0 Å². The fourth-order valence-electron chi connectivity index (χ4n) is 2.48. The largest absolute Gasteiger partial charge is 0.497 e. The van der Waals surface area contributed by atoms with Crippen molar-refractivity contribution >= 4 is 23.2 Å². The van der Waals surface area contributed by atoms with Gasteiger partial charge in [0.25, 0.3) is 5.91 Å². The van der Waals surface area contributed by atoms with Crippen molar-refractivity contribution in [2.45, 2.75) is 12.5 Å². The number of ether oxygens (including phenoxy) is 3. The summed E-state index contributed by atoms with van der Waals surface area (Å²) in [6, 6.07) is 10.5. The highest BCUT2D eigenvalue weighted by Gasteiger charge is 2.29. The van der Waals surface area contributed by atoms with Gasteiger partial charge in [-0.05, 0) is 35.9 Å². The molecule has 3 rings (SSSR count). The highest BCUT2D eigenvalue weighted by atomic mass is 35.5. The molecule has 0 saturated carbocycles. The fourth-order valence-corrected chi connectivity index (χ4v) is 2.67. The van der Waals surface area contributed by atoms with Gasteiger partial charge in [-0.2, -0.15) is 0 Å². The third kappa shape index (κ3) is 3.19. The zero-order chi connectivity index (χ0) is 16.4. The van der Waals surface area contributed by atoms with Crippen LogP contribution in [-0.4, -0.2) is 26.2 Å². The minimum absolute atomic E-state index is 0.235. The number of carbonyl (C=O) groups is 1. The molecule has 6 heteroatoms. The molecular weight excluding hydrogens is 318 g/mol. The molecule has 120 valence electrons. The Bertz CT molecular complexity index is 747. The van der Waals surface area contributed by atoms with Crippen LogP contribution in [0.5, 0.6) is 17.2 Å². The summed E-state index contributed by atoms with van der Waals surface area (Å²) in [7, 11) is 3.11. The van der Waals surface area contributed by atoms with E-state index < -0.39 is 6.10 Å². The molecule has 1 aliphatic rings. The molecule has 2 aromatic carbocycles. The Morgan fingerprint density at radius 3 is 2.78 bits per heavy atom. The molecule has 0 unspecified atom stereocenters. The number of nitrogens with one attached hydrogen (secondary N) is 1. The fraction of sp³-hybridized carbons (Fsp3) is 0.235. The second kappa shape index (κ2) is 6.38. The molecule has 1 heterocycles. The summed E-state index contributed by atoms with van der Waals surface area (Å²) in [6.45, 7) is 0. The van der Waals surface area contributed by atoms with E-state index in [1.165, 1.54) is 7.11 Å². The van der Waals surface area contributed by atoms with Crippen LogP contribution in [0.1, 0.15) is 5.56 Å². The normalized spacial score (nSPS) is 15.5. The van der Waals surface area contributed by atoms with Crippen LogP contribution in [-0.2, 0) is 11.2 Å². The van der Waals surface area contributed by atoms with Gasteiger partial charge in [0.1, 0.15) is 17.2 Å². The van der Waals surface area contributed by atoms with E-state index in [9.17, 15) is 4.79 Å². The number of methoxy groups -OCH3 is 2. The number of halogens is 1. The van der Waals surface area contributed by atoms with Crippen molar-refractivity contribution in [2.75, 3.05) is 19.5 Å². The summed E-state index contributed by atoms with van der Waals surface area (Å²) >= 11 is 5.96. The molecular formula is C17H16ClNO4. The van der Waals surface area contributed by atoms with Gasteiger partial charge in [0.15, 0.2) is 6.10 Å². The zero-order valence-corrected chi connectivity index (χ0v) is 13.5. The summed E-state index contributed by atoms with van der Waals surface area (Å²) in [6.07, 6.45) is -0.101. The van der Waals surface area contributed by atoms with Crippen LogP contribution < -0.4 is 19.5 Å². The lowest BCUT2D eigenvalue weighted by Crippen LogP contribution is -2.31. The Labute approximate surface area is 139 Å². The Hall–Kier alpha value is -2.40. The van der Waals surface area contributed by atoms with Crippen molar-refractivity contribution in [1.29, 1.82) is 0 Å². The van der Waals surface area contributed by atoms with Gasteiger partial charge in [0.2, 0.25) is 0 Å². The van der Waals surface area contributed by atoms with E-state index in [-0.39, 0.29) is 5.91 Å². The number of fused-ring (bicyclic) bond motifs is 1. The SMILES string of the molecule is COc1ccc(NC(=O)[C@@H]2Cc3cc(Cl)ccc3O2)c(OC)c1. The third-order valence-electron chi connectivity index (χ3n) is 3.66. The monoisotopic (exact) mass is 333 g/mol. The van der Waals surface area contributed by atoms with Gasteiger partial charge in [0, 0.05) is 17.5 Å². The van der Waals surface area contributed by atoms with Gasteiger partial charge in [0.05, 0.1) is 19.9 Å². The number of hydrogen-bond acceptors (Lipinski definition) is 4. The number of hydrogen-bond donors (Lipinski definition) is 1. The number of rotatable bonds is 4. The van der Waals surface area contributed by atoms with Crippen LogP contribution in [0.2, 0.25) is 5.02 Å². The van der Waals surface area contributed by atoms with E-state index >= 15 is 0 Å². The van der Waals surface area contributed by atoms with E-state index in [4.69, 9.17) is 25.8 Å². The lowest BCUT2D eigenvalue weighted by molar-refractivity contribution is -0.122. The Kier molecular flexibility index (Phi) is 4.30. The Balaban J connectivity index is 1.73. The quantitative estimate of drug-likeness (QED) is 0.932. The summed E-state index contributed by atoms with van der Waals surface area (Å²) < 4.78 is 16.1. The van der Waals surface area contributed by atoms with Crippen LogP contribution in [0, 0.1) is 0 Å². The molecule has 0 radical (unpaired) electrons. The van der Waals surface area contributed by atoms with Gasteiger partial charge in [-0.3, -0.25) is 4.79 Å². The van der Waals surface area contributed by atoms with E-state index in [0.717, 1.165) is 5.56 Å². The molecule has 1 aliphatic heterocycles. The number of benzene rings is 2. The van der Waals surface area contributed by atoms with E-state index in [1.807, 2.05) is 6.07 Å². The van der Waals surface area contributed by atoms with Gasteiger partial charge in [-0.1, -0.05) is 11.6 Å². The standard InChI is InChI=1S/C17H16ClNO4/c1-21-12-4-5-13(15(9-12)22-2)19-17(20)16-8-10-7-11(18)3-6-14(10)23-16/h3-7,9,16H,8H2,1-2H3,(H,19,20)/t16-/m0/s1. The van der Waals surface area contributed by atoms with Crippen molar-refractivity contribution in [2.24, 2.45) is 0 Å². The van der Waals surface area contributed by atoms with Crippen LogP contribution in [0.15, 0.2) is 36.4 Å². The minimum Gasteiger partial charge on any atom is -0.497 e. The Morgan fingerprint density at radius 1 is 1.22 bits per heavy atom. The smallest absolute Gasteiger partial charge is 0.265 e. The maximum Gasteiger partial charge on any atom is 0.265 e. The average molecular weight is 334 g/mol. The van der Waals surface area contributed by atoms with Crippen LogP contribution >= 0.6 is 11.6 Å². The third-order valence-corrected chi connectivity index (χ3v) is 3.89. The summed E-state index contributed by atoms with van der Waals surface area (Å²) in [5.74, 6) is 1.63. The maximum atomic E-state index is 12.4. The first-order valence-electron chi connectivity index (χ1n) is 7.08. The van der Waals surface area contributed by atoms with Crippen molar-refractivity contribution < 1.29 is 19.0 Å². The molecule has 0 saturated heterocycles. The molecule has 0 aliphatic carbocycles. The van der Waals surface area contributed by atoms with Gasteiger partial charge in [-0.25, -0.2) is 0 Å². The predicted molar refractivity (Wildman–Crippen MR) is 87.7 cm³/mol. The highest BCUT2D eigenvalue weighted by molar-refractivity contribution is 6.30. The second-order valence-electron chi connectivity index (χ2n) is 5.12.